The second-order valence-electron chi connectivity index (χ2n) is 7.40. The first-order valence-electron chi connectivity index (χ1n) is 8.34. The number of primary amides is 1. The Morgan fingerprint density at radius 1 is 1.32 bits per heavy atom. The van der Waals surface area contributed by atoms with Gasteiger partial charge in [0.25, 0.3) is 0 Å². The lowest BCUT2D eigenvalue weighted by molar-refractivity contribution is -0.160. The third-order valence-corrected chi connectivity index (χ3v) is 6.54. The van der Waals surface area contributed by atoms with Gasteiger partial charge in [0.05, 0.1) is 5.60 Å². The Kier molecular flexibility index (Phi) is 2.94. The Bertz CT molecular complexity index is 644. The van der Waals surface area contributed by atoms with Gasteiger partial charge in [-0.15, -0.1) is 0 Å². The van der Waals surface area contributed by atoms with E-state index in [0.29, 0.717) is 5.56 Å². The number of piperidine rings is 1. The summed E-state index contributed by atoms with van der Waals surface area (Å²) in [6, 6.07) is 6.04. The first kappa shape index (κ1) is 14.2. The molecule has 1 aliphatic heterocycles. The Hall–Kier alpha value is -1.39. The Labute approximate surface area is 131 Å². The van der Waals surface area contributed by atoms with E-state index in [0.717, 1.165) is 45.1 Å². The van der Waals surface area contributed by atoms with Crippen LogP contribution in [0.15, 0.2) is 18.2 Å². The standard InChI is InChI=1S/C18H24N2O2/c1-20-9-8-17-6-2-3-7-18(17,22)15(20)11-12-4-5-13(16(19)21)10-14(12)17/h4-5,10,15,22H,2-3,6-9,11H2,1H3,(H2,19,21)/t15-,17+,18-/m0/s1. The smallest absolute Gasteiger partial charge is 0.248 e. The van der Waals surface area contributed by atoms with Crippen LogP contribution in [0.4, 0.5) is 0 Å². The van der Waals surface area contributed by atoms with E-state index < -0.39 is 5.60 Å². The van der Waals surface area contributed by atoms with Crippen LogP contribution in [0.3, 0.4) is 0 Å². The molecule has 0 spiro atoms. The van der Waals surface area contributed by atoms with E-state index in [4.69, 9.17) is 5.73 Å². The quantitative estimate of drug-likeness (QED) is 0.827. The molecule has 1 saturated carbocycles. The van der Waals surface area contributed by atoms with Gasteiger partial charge in [0.2, 0.25) is 5.91 Å². The van der Waals surface area contributed by atoms with Crippen molar-refractivity contribution in [1.29, 1.82) is 0 Å². The number of likely N-dealkylation sites (N-methyl/N-ethyl adjacent to an activating group) is 1. The molecule has 0 aromatic heterocycles. The number of likely N-dealkylation sites (tertiary alicyclic amines) is 1. The molecule has 1 amide bonds. The van der Waals surface area contributed by atoms with Crippen LogP contribution in [0.25, 0.3) is 0 Å². The van der Waals surface area contributed by atoms with Crippen LogP contribution in [-0.2, 0) is 11.8 Å². The van der Waals surface area contributed by atoms with E-state index in [1.54, 1.807) is 0 Å². The molecule has 118 valence electrons. The molecule has 4 heteroatoms. The van der Waals surface area contributed by atoms with Crippen molar-refractivity contribution in [1.82, 2.24) is 4.90 Å². The van der Waals surface area contributed by atoms with Gasteiger partial charge in [0.15, 0.2) is 0 Å². The van der Waals surface area contributed by atoms with Crippen molar-refractivity contribution in [3.63, 3.8) is 0 Å². The molecule has 1 aromatic rings. The topological polar surface area (TPSA) is 66.6 Å². The van der Waals surface area contributed by atoms with Crippen molar-refractivity contribution in [2.75, 3.05) is 13.6 Å². The lowest BCUT2D eigenvalue weighted by Gasteiger charge is -2.63. The third-order valence-electron chi connectivity index (χ3n) is 6.54. The van der Waals surface area contributed by atoms with Gasteiger partial charge in [-0.3, -0.25) is 4.79 Å². The molecular formula is C18H24N2O2. The Morgan fingerprint density at radius 3 is 2.86 bits per heavy atom. The van der Waals surface area contributed by atoms with E-state index >= 15 is 0 Å². The number of hydrogen-bond donors (Lipinski definition) is 2. The lowest BCUT2D eigenvalue weighted by atomic mass is 9.49. The summed E-state index contributed by atoms with van der Waals surface area (Å²) >= 11 is 0. The second kappa shape index (κ2) is 4.56. The average molecular weight is 300 g/mol. The number of amides is 1. The summed E-state index contributed by atoms with van der Waals surface area (Å²) in [6.07, 6.45) is 5.95. The molecule has 4 nitrogen and oxygen atoms in total. The summed E-state index contributed by atoms with van der Waals surface area (Å²) in [5.41, 5.74) is 7.67. The summed E-state index contributed by atoms with van der Waals surface area (Å²) in [7, 11) is 2.13. The molecule has 22 heavy (non-hydrogen) atoms. The number of carbonyl (C=O) groups excluding carboxylic acids is 1. The first-order chi connectivity index (χ1) is 10.5. The molecule has 2 bridgehead atoms. The van der Waals surface area contributed by atoms with Crippen LogP contribution in [-0.4, -0.2) is 41.1 Å². The molecular weight excluding hydrogens is 276 g/mol. The molecule has 2 fully saturated rings. The number of fused-ring (bicyclic) bond motifs is 1. The molecule has 1 saturated heterocycles. The van der Waals surface area contributed by atoms with Crippen LogP contribution in [0, 0.1) is 0 Å². The molecule has 3 atom stereocenters. The van der Waals surface area contributed by atoms with Gasteiger partial charge in [-0.05, 0) is 62.5 Å². The van der Waals surface area contributed by atoms with Gasteiger partial charge in [-0.1, -0.05) is 18.9 Å². The van der Waals surface area contributed by atoms with Crippen molar-refractivity contribution < 1.29 is 9.90 Å². The highest BCUT2D eigenvalue weighted by atomic mass is 16.3. The fourth-order valence-corrected chi connectivity index (χ4v) is 5.38. The number of nitrogens with zero attached hydrogens (tertiary/aromatic N) is 1. The minimum absolute atomic E-state index is 0.188. The van der Waals surface area contributed by atoms with Crippen molar-refractivity contribution in [3.05, 3.63) is 34.9 Å². The van der Waals surface area contributed by atoms with Crippen LogP contribution < -0.4 is 5.73 Å². The molecule has 4 rings (SSSR count). The van der Waals surface area contributed by atoms with Crippen molar-refractivity contribution >= 4 is 5.91 Å². The maximum absolute atomic E-state index is 11.7. The zero-order valence-corrected chi connectivity index (χ0v) is 13.1. The molecule has 0 unspecified atom stereocenters. The predicted molar refractivity (Wildman–Crippen MR) is 84.8 cm³/mol. The fraction of sp³-hybridized carbons (Fsp3) is 0.611. The molecule has 1 heterocycles. The number of nitrogens with two attached hydrogens (primary N) is 1. The molecule has 1 aromatic carbocycles. The van der Waals surface area contributed by atoms with Crippen LogP contribution >= 0.6 is 0 Å². The zero-order chi connectivity index (χ0) is 15.5. The molecule has 3 aliphatic rings. The molecule has 2 aliphatic carbocycles. The van der Waals surface area contributed by atoms with Gasteiger partial charge in [0.1, 0.15) is 0 Å². The van der Waals surface area contributed by atoms with Crippen LogP contribution in [0.1, 0.15) is 53.6 Å². The van der Waals surface area contributed by atoms with E-state index in [1.807, 2.05) is 12.1 Å². The largest absolute Gasteiger partial charge is 0.387 e. The Morgan fingerprint density at radius 2 is 2.09 bits per heavy atom. The fourth-order valence-electron chi connectivity index (χ4n) is 5.38. The predicted octanol–water partition coefficient (Wildman–Crippen LogP) is 1.59. The number of rotatable bonds is 1. The van der Waals surface area contributed by atoms with Crippen LogP contribution in [0.2, 0.25) is 0 Å². The second-order valence-corrected chi connectivity index (χ2v) is 7.40. The zero-order valence-electron chi connectivity index (χ0n) is 13.1. The minimum Gasteiger partial charge on any atom is -0.387 e. The number of aliphatic hydroxyl groups is 1. The van der Waals surface area contributed by atoms with E-state index in [1.165, 1.54) is 11.1 Å². The summed E-state index contributed by atoms with van der Waals surface area (Å²) < 4.78 is 0. The van der Waals surface area contributed by atoms with Gasteiger partial charge in [-0.25, -0.2) is 0 Å². The minimum atomic E-state index is -0.665. The normalized spacial score (nSPS) is 37.3. The molecule has 0 radical (unpaired) electrons. The summed E-state index contributed by atoms with van der Waals surface area (Å²) in [4.78, 5) is 13.9. The highest BCUT2D eigenvalue weighted by Gasteiger charge is 2.62. The first-order valence-corrected chi connectivity index (χ1v) is 8.34. The number of hydrogen-bond acceptors (Lipinski definition) is 3. The van der Waals surface area contributed by atoms with Crippen molar-refractivity contribution in [3.8, 4) is 0 Å². The van der Waals surface area contributed by atoms with Crippen LogP contribution in [0.5, 0.6) is 0 Å². The van der Waals surface area contributed by atoms with Gasteiger partial charge >= 0.3 is 0 Å². The van der Waals surface area contributed by atoms with Crippen molar-refractivity contribution in [2.45, 2.75) is 55.6 Å². The summed E-state index contributed by atoms with van der Waals surface area (Å²) in [5.74, 6) is -0.381. The highest BCUT2D eigenvalue weighted by Crippen LogP contribution is 2.57. The van der Waals surface area contributed by atoms with Gasteiger partial charge in [0, 0.05) is 17.0 Å². The maximum Gasteiger partial charge on any atom is 0.248 e. The summed E-state index contributed by atoms with van der Waals surface area (Å²) in [6.45, 7) is 1.01. The SMILES string of the molecule is CN1CC[C@@]23CCCC[C@]2(O)[C@@H]1Cc1ccc(C(N)=O)cc13. The summed E-state index contributed by atoms with van der Waals surface area (Å²) in [5, 5.41) is 11.7. The third kappa shape index (κ3) is 1.62. The number of carbonyl (C=O) groups is 1. The maximum atomic E-state index is 11.7. The monoisotopic (exact) mass is 300 g/mol. The van der Waals surface area contributed by atoms with Gasteiger partial charge in [-0.2, -0.15) is 0 Å². The lowest BCUT2D eigenvalue weighted by Crippen LogP contribution is -2.71. The number of benzene rings is 1. The Balaban J connectivity index is 1.94. The average Bonchev–Trinajstić information content (AvgIpc) is 2.50. The van der Waals surface area contributed by atoms with Crippen molar-refractivity contribution in [2.24, 2.45) is 5.73 Å². The molecule has 3 N–H and O–H groups in total. The highest BCUT2D eigenvalue weighted by molar-refractivity contribution is 5.93. The van der Waals surface area contributed by atoms with Gasteiger partial charge < -0.3 is 15.7 Å². The van der Waals surface area contributed by atoms with E-state index in [2.05, 4.69) is 18.0 Å². The van der Waals surface area contributed by atoms with E-state index in [9.17, 15) is 9.90 Å². The van der Waals surface area contributed by atoms with E-state index in [-0.39, 0.29) is 17.4 Å².